The first-order valence-electron chi connectivity index (χ1n) is 6.88. The minimum atomic E-state index is -0.0533. The van der Waals surface area contributed by atoms with Gasteiger partial charge >= 0.3 is 6.03 Å². The summed E-state index contributed by atoms with van der Waals surface area (Å²) in [6, 6.07) is 10.6. The van der Waals surface area contributed by atoms with Gasteiger partial charge in [-0.1, -0.05) is 37.3 Å². The summed E-state index contributed by atoms with van der Waals surface area (Å²) >= 11 is 1.90. The third-order valence-electron chi connectivity index (χ3n) is 2.85. The van der Waals surface area contributed by atoms with Crippen LogP contribution in [-0.4, -0.2) is 24.4 Å². The zero-order valence-corrected chi connectivity index (χ0v) is 12.6. The SMILES string of the molecule is CCC(C)NC(=O)NCCCSCc1ccccc1. The molecule has 0 radical (unpaired) electrons. The molecule has 2 N–H and O–H groups in total. The van der Waals surface area contributed by atoms with E-state index in [4.69, 9.17) is 0 Å². The van der Waals surface area contributed by atoms with E-state index in [9.17, 15) is 4.79 Å². The molecule has 0 saturated heterocycles. The summed E-state index contributed by atoms with van der Waals surface area (Å²) in [6.07, 6.45) is 1.96. The summed E-state index contributed by atoms with van der Waals surface area (Å²) < 4.78 is 0. The monoisotopic (exact) mass is 280 g/mol. The highest BCUT2D eigenvalue weighted by Gasteiger charge is 2.03. The average molecular weight is 280 g/mol. The molecule has 0 aliphatic heterocycles. The van der Waals surface area contributed by atoms with Crippen LogP contribution in [0.4, 0.5) is 4.79 Å². The van der Waals surface area contributed by atoms with Gasteiger partial charge < -0.3 is 10.6 Å². The van der Waals surface area contributed by atoms with Crippen LogP contribution in [0.3, 0.4) is 0 Å². The van der Waals surface area contributed by atoms with Crippen LogP contribution in [0.2, 0.25) is 0 Å². The topological polar surface area (TPSA) is 41.1 Å². The van der Waals surface area contributed by atoms with Crippen molar-refractivity contribution in [3.63, 3.8) is 0 Å². The molecule has 19 heavy (non-hydrogen) atoms. The second kappa shape index (κ2) is 9.73. The number of carbonyl (C=O) groups excluding carboxylic acids is 1. The molecule has 1 aromatic rings. The van der Waals surface area contributed by atoms with Crippen molar-refractivity contribution in [3.8, 4) is 0 Å². The molecule has 2 amide bonds. The number of rotatable bonds is 8. The molecule has 0 aromatic heterocycles. The van der Waals surface area contributed by atoms with E-state index in [0.29, 0.717) is 0 Å². The second-order valence-electron chi connectivity index (χ2n) is 4.60. The third-order valence-corrected chi connectivity index (χ3v) is 3.97. The number of carbonyl (C=O) groups is 1. The first-order chi connectivity index (χ1) is 9.22. The van der Waals surface area contributed by atoms with Crippen molar-refractivity contribution in [2.75, 3.05) is 12.3 Å². The van der Waals surface area contributed by atoms with E-state index in [0.717, 1.165) is 30.9 Å². The first-order valence-corrected chi connectivity index (χ1v) is 8.04. The summed E-state index contributed by atoms with van der Waals surface area (Å²) in [7, 11) is 0. The number of benzene rings is 1. The summed E-state index contributed by atoms with van der Waals surface area (Å²) in [5.41, 5.74) is 1.36. The Bertz CT molecular complexity index is 356. The highest BCUT2D eigenvalue weighted by Crippen LogP contribution is 2.12. The van der Waals surface area contributed by atoms with Gasteiger partial charge in [-0.2, -0.15) is 11.8 Å². The van der Waals surface area contributed by atoms with E-state index in [1.807, 2.05) is 24.8 Å². The molecule has 1 rings (SSSR count). The smallest absolute Gasteiger partial charge is 0.314 e. The quantitative estimate of drug-likeness (QED) is 0.717. The van der Waals surface area contributed by atoms with Crippen molar-refractivity contribution < 1.29 is 4.79 Å². The van der Waals surface area contributed by atoms with Crippen LogP contribution >= 0.6 is 11.8 Å². The summed E-state index contributed by atoms with van der Waals surface area (Å²) in [4.78, 5) is 11.4. The molecule has 1 aromatic carbocycles. The van der Waals surface area contributed by atoms with Gasteiger partial charge in [-0.05, 0) is 31.1 Å². The molecule has 0 saturated carbocycles. The first kappa shape index (κ1) is 15.9. The molecule has 4 heteroatoms. The van der Waals surface area contributed by atoms with Crippen LogP contribution in [0.25, 0.3) is 0 Å². The van der Waals surface area contributed by atoms with Crippen molar-refractivity contribution in [2.45, 2.75) is 38.5 Å². The Labute approximate surface area is 120 Å². The summed E-state index contributed by atoms with van der Waals surface area (Å²) in [5, 5.41) is 5.77. The van der Waals surface area contributed by atoms with Crippen LogP contribution in [0.5, 0.6) is 0 Å². The standard InChI is InChI=1S/C15H24N2OS/c1-3-13(2)17-15(18)16-10-7-11-19-12-14-8-5-4-6-9-14/h4-6,8-9,13H,3,7,10-12H2,1-2H3,(H2,16,17,18). The van der Waals surface area contributed by atoms with Crippen molar-refractivity contribution >= 4 is 17.8 Å². The predicted octanol–water partition coefficient (Wildman–Crippen LogP) is 3.41. The van der Waals surface area contributed by atoms with Gasteiger partial charge in [0.05, 0.1) is 0 Å². The van der Waals surface area contributed by atoms with Crippen molar-refractivity contribution in [1.82, 2.24) is 10.6 Å². The Morgan fingerprint density at radius 3 is 2.74 bits per heavy atom. The minimum absolute atomic E-state index is 0.0533. The molecule has 0 aliphatic carbocycles. The van der Waals surface area contributed by atoms with Gasteiger partial charge in [0, 0.05) is 18.3 Å². The molecular formula is C15H24N2OS. The van der Waals surface area contributed by atoms with Gasteiger partial charge in [0.1, 0.15) is 0 Å². The molecule has 0 fully saturated rings. The predicted molar refractivity (Wildman–Crippen MR) is 83.5 cm³/mol. The number of thioether (sulfide) groups is 1. The minimum Gasteiger partial charge on any atom is -0.338 e. The normalized spacial score (nSPS) is 11.9. The Morgan fingerprint density at radius 2 is 2.05 bits per heavy atom. The highest BCUT2D eigenvalue weighted by molar-refractivity contribution is 7.98. The van der Waals surface area contributed by atoms with Crippen LogP contribution in [-0.2, 0) is 5.75 Å². The van der Waals surface area contributed by atoms with E-state index in [1.54, 1.807) is 0 Å². The van der Waals surface area contributed by atoms with E-state index in [2.05, 4.69) is 41.8 Å². The molecule has 0 aliphatic rings. The van der Waals surface area contributed by atoms with Crippen LogP contribution < -0.4 is 10.6 Å². The van der Waals surface area contributed by atoms with Crippen LogP contribution in [0, 0.1) is 0 Å². The fraction of sp³-hybridized carbons (Fsp3) is 0.533. The maximum Gasteiger partial charge on any atom is 0.314 e. The lowest BCUT2D eigenvalue weighted by Gasteiger charge is -2.12. The third kappa shape index (κ3) is 7.78. The van der Waals surface area contributed by atoms with Gasteiger partial charge in [0.25, 0.3) is 0 Å². The van der Waals surface area contributed by atoms with Gasteiger partial charge in [0.15, 0.2) is 0 Å². The zero-order valence-electron chi connectivity index (χ0n) is 11.8. The lowest BCUT2D eigenvalue weighted by molar-refractivity contribution is 0.237. The summed E-state index contributed by atoms with van der Waals surface area (Å²) in [5.74, 6) is 2.11. The Kier molecular flexibility index (Phi) is 8.14. The molecule has 0 bridgehead atoms. The maximum atomic E-state index is 11.4. The van der Waals surface area contributed by atoms with Gasteiger partial charge in [0.2, 0.25) is 0 Å². The molecular weight excluding hydrogens is 256 g/mol. The second-order valence-corrected chi connectivity index (χ2v) is 5.71. The van der Waals surface area contributed by atoms with Crippen molar-refractivity contribution in [2.24, 2.45) is 0 Å². The molecule has 3 nitrogen and oxygen atoms in total. The Hall–Kier alpha value is -1.16. The largest absolute Gasteiger partial charge is 0.338 e. The lowest BCUT2D eigenvalue weighted by Crippen LogP contribution is -2.40. The fourth-order valence-corrected chi connectivity index (χ4v) is 2.44. The molecule has 1 atom stereocenters. The number of urea groups is 1. The van der Waals surface area contributed by atoms with Crippen molar-refractivity contribution in [3.05, 3.63) is 35.9 Å². The number of hydrogen-bond donors (Lipinski definition) is 2. The van der Waals surface area contributed by atoms with E-state index in [-0.39, 0.29) is 12.1 Å². The Balaban J connectivity index is 1.98. The average Bonchev–Trinajstić information content (AvgIpc) is 2.43. The van der Waals surface area contributed by atoms with Crippen LogP contribution in [0.1, 0.15) is 32.3 Å². The van der Waals surface area contributed by atoms with Crippen LogP contribution in [0.15, 0.2) is 30.3 Å². The van der Waals surface area contributed by atoms with Gasteiger partial charge in [-0.25, -0.2) is 4.79 Å². The van der Waals surface area contributed by atoms with E-state index >= 15 is 0 Å². The Morgan fingerprint density at radius 1 is 1.32 bits per heavy atom. The number of amides is 2. The highest BCUT2D eigenvalue weighted by atomic mass is 32.2. The number of hydrogen-bond acceptors (Lipinski definition) is 2. The molecule has 1 unspecified atom stereocenters. The zero-order chi connectivity index (χ0) is 13.9. The molecule has 0 spiro atoms. The number of nitrogens with one attached hydrogen (secondary N) is 2. The fourth-order valence-electron chi connectivity index (χ4n) is 1.52. The van der Waals surface area contributed by atoms with Crippen molar-refractivity contribution in [1.29, 1.82) is 0 Å². The summed E-state index contributed by atoms with van der Waals surface area (Å²) in [6.45, 7) is 4.81. The maximum absolute atomic E-state index is 11.4. The molecule has 0 heterocycles. The lowest BCUT2D eigenvalue weighted by atomic mass is 10.2. The van der Waals surface area contributed by atoms with E-state index < -0.39 is 0 Å². The van der Waals surface area contributed by atoms with Gasteiger partial charge in [-0.3, -0.25) is 0 Å². The van der Waals surface area contributed by atoms with Gasteiger partial charge in [-0.15, -0.1) is 0 Å². The molecule has 106 valence electrons. The van der Waals surface area contributed by atoms with E-state index in [1.165, 1.54) is 5.56 Å².